The Morgan fingerprint density at radius 2 is 1.67 bits per heavy atom. The standard InChI is InChI=1S/C34H54N4O6Si/c1-23(44-45(7,8)33(2,3)4)28(39)20-14-10-13-18-25-29(40)37-34(5,6)32(43)36-26(22-24-16-11-9-12-17-24)31(42)38-21-15-19-27(38)30(41)35-25/h9,11-12,16-17,23,25-27H,10,13-15,18-22H2,1-8H3,(H,35,41)(H,36,43)(H,37,40)/t23-,25-,26-,27-/m0/s1. The van der Waals surface area contributed by atoms with Crippen molar-refractivity contribution in [3.05, 3.63) is 35.9 Å². The van der Waals surface area contributed by atoms with Crippen molar-refractivity contribution in [1.29, 1.82) is 0 Å². The number of ketones is 1. The first-order valence-corrected chi connectivity index (χ1v) is 19.3. The Labute approximate surface area is 269 Å². The minimum absolute atomic E-state index is 0.0160. The number of hydrogen-bond acceptors (Lipinski definition) is 6. The second-order valence-electron chi connectivity index (χ2n) is 14.7. The molecular weight excluding hydrogens is 588 g/mol. The van der Waals surface area contributed by atoms with Crippen molar-refractivity contribution < 1.29 is 28.4 Å². The van der Waals surface area contributed by atoms with Gasteiger partial charge in [0.2, 0.25) is 23.6 Å². The SMILES string of the molecule is C[C@H](O[Si](C)(C)C(C)(C)C)C(=O)CCCCC[C@@H]1NC(=O)[C@@H]2CCCN2C(=O)[C@H](Cc2ccccc2)NC(=O)C(C)(C)NC1=O. The molecule has 4 atom stereocenters. The molecule has 250 valence electrons. The minimum atomic E-state index is -2.06. The van der Waals surface area contributed by atoms with E-state index < -0.39 is 49.9 Å². The lowest BCUT2D eigenvalue weighted by molar-refractivity contribution is -0.144. The summed E-state index contributed by atoms with van der Waals surface area (Å²) in [7, 11) is -2.06. The number of nitrogens with zero attached hydrogens (tertiary/aromatic N) is 1. The third kappa shape index (κ3) is 9.72. The molecule has 1 aromatic carbocycles. The van der Waals surface area contributed by atoms with Crippen LogP contribution < -0.4 is 16.0 Å². The van der Waals surface area contributed by atoms with E-state index in [1.807, 2.05) is 37.3 Å². The molecule has 0 bridgehead atoms. The lowest BCUT2D eigenvalue weighted by Crippen LogP contribution is -2.64. The van der Waals surface area contributed by atoms with Crippen LogP contribution in [-0.2, 0) is 34.8 Å². The first-order chi connectivity index (χ1) is 20.9. The fourth-order valence-electron chi connectivity index (χ4n) is 5.59. The van der Waals surface area contributed by atoms with Gasteiger partial charge in [0.25, 0.3) is 0 Å². The molecule has 3 rings (SSSR count). The molecular formula is C34H54N4O6Si. The zero-order valence-electron chi connectivity index (χ0n) is 28.5. The summed E-state index contributed by atoms with van der Waals surface area (Å²) < 4.78 is 6.24. The van der Waals surface area contributed by atoms with Crippen LogP contribution in [0.25, 0.3) is 0 Å². The fraction of sp³-hybridized carbons (Fsp3) is 0.676. The van der Waals surface area contributed by atoms with Gasteiger partial charge in [-0.05, 0) is 70.2 Å². The summed E-state index contributed by atoms with van der Waals surface area (Å²) in [5.74, 6) is -1.52. The molecule has 2 aliphatic rings. The number of fused-ring (bicyclic) bond motifs is 1. The number of amides is 4. The van der Waals surface area contributed by atoms with E-state index in [2.05, 4.69) is 49.8 Å². The van der Waals surface area contributed by atoms with E-state index in [0.717, 1.165) is 5.56 Å². The van der Waals surface area contributed by atoms with Crippen molar-refractivity contribution in [2.24, 2.45) is 0 Å². The van der Waals surface area contributed by atoms with E-state index in [1.54, 1.807) is 18.7 Å². The summed E-state index contributed by atoms with van der Waals surface area (Å²) in [5.41, 5.74) is -0.449. The Balaban J connectivity index is 1.66. The van der Waals surface area contributed by atoms with Crippen molar-refractivity contribution in [3.63, 3.8) is 0 Å². The quantitative estimate of drug-likeness (QED) is 0.247. The molecule has 0 aliphatic carbocycles. The molecule has 0 aromatic heterocycles. The molecule has 10 nitrogen and oxygen atoms in total. The number of hydrogen-bond donors (Lipinski definition) is 3. The maximum Gasteiger partial charge on any atom is 0.246 e. The van der Waals surface area contributed by atoms with Gasteiger partial charge in [-0.3, -0.25) is 24.0 Å². The van der Waals surface area contributed by atoms with Crippen molar-refractivity contribution in [2.75, 3.05) is 6.54 Å². The van der Waals surface area contributed by atoms with Crippen molar-refractivity contribution in [2.45, 2.75) is 141 Å². The monoisotopic (exact) mass is 642 g/mol. The second kappa shape index (κ2) is 15.0. The summed E-state index contributed by atoms with van der Waals surface area (Å²) >= 11 is 0. The van der Waals surface area contributed by atoms with Gasteiger partial charge in [-0.25, -0.2) is 0 Å². The molecule has 11 heteroatoms. The molecule has 0 radical (unpaired) electrons. The van der Waals surface area contributed by atoms with Crippen LogP contribution in [0.1, 0.15) is 92.1 Å². The molecule has 2 saturated heterocycles. The smallest absolute Gasteiger partial charge is 0.246 e. The van der Waals surface area contributed by atoms with Gasteiger partial charge in [-0.15, -0.1) is 0 Å². The van der Waals surface area contributed by atoms with Crippen LogP contribution >= 0.6 is 0 Å². The lowest BCUT2D eigenvalue weighted by Gasteiger charge is -2.38. The van der Waals surface area contributed by atoms with Gasteiger partial charge in [0, 0.05) is 19.4 Å². The van der Waals surface area contributed by atoms with E-state index in [-0.39, 0.29) is 29.1 Å². The zero-order chi connectivity index (χ0) is 33.6. The number of rotatable bonds is 11. The topological polar surface area (TPSA) is 134 Å². The number of unbranched alkanes of at least 4 members (excludes halogenated alkanes) is 2. The van der Waals surface area contributed by atoms with Crippen LogP contribution in [0.3, 0.4) is 0 Å². The first kappa shape index (κ1) is 36.4. The average Bonchev–Trinajstić information content (AvgIpc) is 3.44. The molecule has 1 aromatic rings. The number of nitrogens with one attached hydrogen (secondary N) is 3. The zero-order valence-corrected chi connectivity index (χ0v) is 29.5. The van der Waals surface area contributed by atoms with Crippen molar-refractivity contribution in [3.8, 4) is 0 Å². The minimum Gasteiger partial charge on any atom is -0.407 e. The Morgan fingerprint density at radius 1 is 1.00 bits per heavy atom. The maximum atomic E-state index is 13.8. The summed E-state index contributed by atoms with van der Waals surface area (Å²) in [6.45, 7) is 16.1. The second-order valence-corrected chi connectivity index (χ2v) is 19.4. The van der Waals surface area contributed by atoms with Gasteiger partial charge in [-0.1, -0.05) is 63.9 Å². The molecule has 2 heterocycles. The number of Topliss-reactive ketones (excluding diaryl/α,β-unsaturated/α-hetero) is 1. The number of benzene rings is 1. The highest BCUT2D eigenvalue weighted by atomic mass is 28.4. The third-order valence-corrected chi connectivity index (χ3v) is 14.1. The molecule has 0 saturated carbocycles. The van der Waals surface area contributed by atoms with Gasteiger partial charge >= 0.3 is 0 Å². The molecule has 2 fully saturated rings. The van der Waals surface area contributed by atoms with Gasteiger partial charge in [0.15, 0.2) is 14.1 Å². The Kier molecular flexibility index (Phi) is 12.2. The maximum absolute atomic E-state index is 13.8. The molecule has 0 unspecified atom stereocenters. The van der Waals surface area contributed by atoms with Crippen LogP contribution in [-0.4, -0.2) is 78.9 Å². The average molecular weight is 643 g/mol. The van der Waals surface area contributed by atoms with Crippen molar-refractivity contribution in [1.82, 2.24) is 20.9 Å². The fourth-order valence-corrected chi connectivity index (χ4v) is 6.96. The number of carbonyl (C=O) groups excluding carboxylic acids is 5. The first-order valence-electron chi connectivity index (χ1n) is 16.4. The van der Waals surface area contributed by atoms with Gasteiger partial charge in [0.1, 0.15) is 29.8 Å². The Hall–Kier alpha value is -3.05. The molecule has 2 aliphatic heterocycles. The summed E-state index contributed by atoms with van der Waals surface area (Å²) in [6.07, 6.45) is 3.62. The molecule has 3 N–H and O–H groups in total. The van der Waals surface area contributed by atoms with E-state index >= 15 is 0 Å². The van der Waals surface area contributed by atoms with E-state index in [9.17, 15) is 24.0 Å². The predicted octanol–water partition coefficient (Wildman–Crippen LogP) is 4.03. The largest absolute Gasteiger partial charge is 0.407 e. The third-order valence-electron chi connectivity index (χ3n) is 9.51. The Morgan fingerprint density at radius 3 is 2.31 bits per heavy atom. The highest BCUT2D eigenvalue weighted by Crippen LogP contribution is 2.37. The highest BCUT2D eigenvalue weighted by Gasteiger charge is 2.42. The van der Waals surface area contributed by atoms with Gasteiger partial charge in [-0.2, -0.15) is 0 Å². The summed E-state index contributed by atoms with van der Waals surface area (Å²) in [5, 5.41) is 8.58. The number of carbonyl (C=O) groups is 5. The Bertz CT molecular complexity index is 1230. The lowest BCUT2D eigenvalue weighted by atomic mass is 9.98. The van der Waals surface area contributed by atoms with Crippen LogP contribution in [0.15, 0.2) is 30.3 Å². The van der Waals surface area contributed by atoms with E-state index in [0.29, 0.717) is 51.5 Å². The van der Waals surface area contributed by atoms with Crippen LogP contribution in [0.2, 0.25) is 18.1 Å². The van der Waals surface area contributed by atoms with Gasteiger partial charge < -0.3 is 25.3 Å². The van der Waals surface area contributed by atoms with Crippen LogP contribution in [0.4, 0.5) is 0 Å². The van der Waals surface area contributed by atoms with Crippen LogP contribution in [0.5, 0.6) is 0 Å². The van der Waals surface area contributed by atoms with Crippen molar-refractivity contribution >= 4 is 37.7 Å². The normalized spacial score (nSPS) is 23.6. The van der Waals surface area contributed by atoms with Crippen LogP contribution in [0, 0.1) is 0 Å². The summed E-state index contributed by atoms with van der Waals surface area (Å²) in [6, 6.07) is 6.94. The molecule has 0 spiro atoms. The highest BCUT2D eigenvalue weighted by molar-refractivity contribution is 6.74. The molecule has 45 heavy (non-hydrogen) atoms. The predicted molar refractivity (Wildman–Crippen MR) is 177 cm³/mol. The molecule has 4 amide bonds. The van der Waals surface area contributed by atoms with Gasteiger partial charge in [0.05, 0.1) is 0 Å². The van der Waals surface area contributed by atoms with E-state index in [1.165, 1.54) is 0 Å². The summed E-state index contributed by atoms with van der Waals surface area (Å²) in [4.78, 5) is 68.6. The van der Waals surface area contributed by atoms with E-state index in [4.69, 9.17) is 4.43 Å².